The normalized spacial score (nSPS) is 18.1. The number of imide groups is 1. The molecule has 4 amide bonds. The highest BCUT2D eigenvalue weighted by Crippen LogP contribution is 2.32. The van der Waals surface area contributed by atoms with Gasteiger partial charge in [-0.25, -0.2) is 9.18 Å². The first-order valence-corrected chi connectivity index (χ1v) is 9.55. The Kier molecular flexibility index (Phi) is 6.11. The van der Waals surface area contributed by atoms with Crippen molar-refractivity contribution in [3.63, 3.8) is 0 Å². The number of nitriles is 1. The third kappa shape index (κ3) is 3.87. The minimum Gasteiger partial charge on any atom is -0.319 e. The molecule has 7 nitrogen and oxygen atoms in total. The Morgan fingerprint density at radius 3 is 2.43 bits per heavy atom. The molecule has 154 valence electrons. The lowest BCUT2D eigenvalue weighted by molar-refractivity contribution is -0.134. The van der Waals surface area contributed by atoms with Crippen LogP contribution in [0.1, 0.15) is 25.3 Å². The van der Waals surface area contributed by atoms with Gasteiger partial charge in [-0.1, -0.05) is 37.3 Å². The van der Waals surface area contributed by atoms with Crippen LogP contribution in [0.15, 0.2) is 54.6 Å². The Balaban J connectivity index is 1.85. The first-order chi connectivity index (χ1) is 14.4. The lowest BCUT2D eigenvalue weighted by Crippen LogP contribution is -2.46. The fourth-order valence-electron chi connectivity index (χ4n) is 3.53. The molecule has 0 bridgehead atoms. The van der Waals surface area contributed by atoms with Gasteiger partial charge in [-0.15, -0.1) is 0 Å². The average molecular weight is 408 g/mol. The van der Waals surface area contributed by atoms with E-state index in [2.05, 4.69) is 5.32 Å². The van der Waals surface area contributed by atoms with Crippen molar-refractivity contribution >= 4 is 23.5 Å². The van der Waals surface area contributed by atoms with Gasteiger partial charge in [0.1, 0.15) is 17.9 Å². The highest BCUT2D eigenvalue weighted by molar-refractivity contribution is 6.10. The summed E-state index contributed by atoms with van der Waals surface area (Å²) in [5.41, 5.74) is -0.329. The number of anilines is 1. The Labute approximate surface area is 173 Å². The van der Waals surface area contributed by atoms with Crippen molar-refractivity contribution in [1.29, 1.82) is 5.26 Å². The van der Waals surface area contributed by atoms with Crippen LogP contribution < -0.4 is 10.2 Å². The van der Waals surface area contributed by atoms with E-state index in [1.165, 1.54) is 29.2 Å². The van der Waals surface area contributed by atoms with Gasteiger partial charge in [-0.2, -0.15) is 5.26 Å². The van der Waals surface area contributed by atoms with Crippen molar-refractivity contribution < 1.29 is 18.8 Å². The number of benzene rings is 2. The lowest BCUT2D eigenvalue weighted by Gasteiger charge is -2.27. The smallest absolute Gasteiger partial charge is 0.319 e. The summed E-state index contributed by atoms with van der Waals surface area (Å²) in [6.45, 7) is 1.41. The quantitative estimate of drug-likeness (QED) is 0.713. The largest absolute Gasteiger partial charge is 0.325 e. The van der Waals surface area contributed by atoms with Crippen molar-refractivity contribution in [2.75, 3.05) is 18.0 Å². The number of nitrogens with zero attached hydrogens (tertiary/aromatic N) is 3. The second-order valence-electron chi connectivity index (χ2n) is 6.88. The van der Waals surface area contributed by atoms with Gasteiger partial charge in [-0.3, -0.25) is 14.5 Å². The lowest BCUT2D eigenvalue weighted by atomic mass is 9.87. The number of amides is 4. The van der Waals surface area contributed by atoms with Gasteiger partial charge in [0.2, 0.25) is 5.91 Å². The molecule has 0 spiro atoms. The molecule has 1 heterocycles. The highest BCUT2D eigenvalue weighted by atomic mass is 19.1. The summed E-state index contributed by atoms with van der Waals surface area (Å²) in [6.07, 6.45) is 0.347. The molecule has 0 aliphatic carbocycles. The molecule has 0 saturated carbocycles. The predicted octanol–water partition coefficient (Wildman–Crippen LogP) is 2.93. The molecule has 1 aliphatic heterocycles. The van der Waals surface area contributed by atoms with Crippen LogP contribution in [0.3, 0.4) is 0 Å². The van der Waals surface area contributed by atoms with Crippen LogP contribution in [0.25, 0.3) is 0 Å². The van der Waals surface area contributed by atoms with Crippen LogP contribution in [-0.4, -0.2) is 35.8 Å². The minimum absolute atomic E-state index is 0.106. The van der Waals surface area contributed by atoms with Gasteiger partial charge >= 0.3 is 6.03 Å². The van der Waals surface area contributed by atoms with Gasteiger partial charge in [0.25, 0.3) is 5.91 Å². The highest BCUT2D eigenvalue weighted by Gasteiger charge is 2.51. The second-order valence-corrected chi connectivity index (χ2v) is 6.88. The number of hydrogen-bond donors (Lipinski definition) is 1. The van der Waals surface area contributed by atoms with Gasteiger partial charge in [0.15, 0.2) is 0 Å². The molecule has 2 aromatic rings. The van der Waals surface area contributed by atoms with Gasteiger partial charge in [-0.05, 0) is 36.2 Å². The molecule has 1 N–H and O–H groups in total. The van der Waals surface area contributed by atoms with Crippen molar-refractivity contribution in [3.05, 3.63) is 66.0 Å². The SMILES string of the molecule is CC[C@]1(c2ccc(F)cc2)NC(=O)N(CC(=O)N(CCC#N)c2ccccc2)C1=O. The maximum atomic E-state index is 13.3. The number of carbonyl (C=O) groups is 3. The molecule has 2 aromatic carbocycles. The van der Waals surface area contributed by atoms with Crippen LogP contribution in [0.4, 0.5) is 14.9 Å². The van der Waals surface area contributed by atoms with E-state index in [0.29, 0.717) is 11.3 Å². The molecule has 1 saturated heterocycles. The topological polar surface area (TPSA) is 93.5 Å². The number of nitrogens with one attached hydrogen (secondary N) is 1. The minimum atomic E-state index is -1.35. The summed E-state index contributed by atoms with van der Waals surface area (Å²) >= 11 is 0. The summed E-state index contributed by atoms with van der Waals surface area (Å²) < 4.78 is 13.3. The van der Waals surface area contributed by atoms with Crippen LogP contribution in [-0.2, 0) is 15.1 Å². The molecule has 30 heavy (non-hydrogen) atoms. The monoisotopic (exact) mass is 408 g/mol. The molecule has 8 heteroatoms. The van der Waals surface area contributed by atoms with E-state index < -0.39 is 35.7 Å². The van der Waals surface area contributed by atoms with Crippen molar-refractivity contribution in [2.24, 2.45) is 0 Å². The Morgan fingerprint density at radius 2 is 1.83 bits per heavy atom. The van der Waals surface area contributed by atoms with E-state index in [0.717, 1.165) is 4.90 Å². The second kappa shape index (κ2) is 8.74. The fraction of sp³-hybridized carbons (Fsp3) is 0.273. The van der Waals surface area contributed by atoms with Crippen LogP contribution >= 0.6 is 0 Å². The number of rotatable bonds is 7. The van der Waals surface area contributed by atoms with E-state index in [1.807, 2.05) is 6.07 Å². The zero-order valence-electron chi connectivity index (χ0n) is 16.5. The Hall–Kier alpha value is -3.73. The summed E-state index contributed by atoms with van der Waals surface area (Å²) in [5, 5.41) is 11.6. The standard InChI is InChI=1S/C22H21FN4O3/c1-2-22(16-9-11-17(23)12-10-16)20(29)27(21(30)25-22)15-19(28)26(14-6-13-24)18-7-4-3-5-8-18/h3-5,7-12H,2,6,14-15H2,1H3,(H,25,30)/t22-/m1/s1. The zero-order valence-corrected chi connectivity index (χ0v) is 16.5. The predicted molar refractivity (Wildman–Crippen MR) is 108 cm³/mol. The Morgan fingerprint density at radius 1 is 1.17 bits per heavy atom. The molecule has 1 fully saturated rings. The first-order valence-electron chi connectivity index (χ1n) is 9.55. The van der Waals surface area contributed by atoms with Crippen molar-refractivity contribution in [1.82, 2.24) is 10.2 Å². The summed E-state index contributed by atoms with van der Waals surface area (Å²) in [6, 6.07) is 15.4. The molecular formula is C22H21FN4O3. The van der Waals surface area contributed by atoms with Gasteiger partial charge in [0.05, 0.1) is 12.5 Å². The van der Waals surface area contributed by atoms with Gasteiger partial charge < -0.3 is 10.2 Å². The number of para-hydroxylation sites is 1. The fourth-order valence-corrected chi connectivity index (χ4v) is 3.53. The first kappa shape index (κ1) is 21.0. The van der Waals surface area contributed by atoms with Crippen LogP contribution in [0.2, 0.25) is 0 Å². The van der Waals surface area contributed by atoms with E-state index in [-0.39, 0.29) is 19.4 Å². The molecule has 0 radical (unpaired) electrons. The molecule has 0 unspecified atom stereocenters. The van der Waals surface area contributed by atoms with Crippen LogP contribution in [0, 0.1) is 17.1 Å². The van der Waals surface area contributed by atoms with E-state index in [1.54, 1.807) is 37.3 Å². The summed E-state index contributed by atoms with van der Waals surface area (Å²) in [7, 11) is 0. The van der Waals surface area contributed by atoms with Crippen molar-refractivity contribution in [2.45, 2.75) is 25.3 Å². The molecule has 3 rings (SSSR count). The van der Waals surface area contributed by atoms with E-state index in [4.69, 9.17) is 5.26 Å². The van der Waals surface area contributed by atoms with Gasteiger partial charge in [0, 0.05) is 12.2 Å². The number of halogens is 1. The Bertz CT molecular complexity index is 988. The maximum absolute atomic E-state index is 13.3. The van der Waals surface area contributed by atoms with Crippen LogP contribution in [0.5, 0.6) is 0 Å². The number of hydrogen-bond acceptors (Lipinski definition) is 4. The summed E-state index contributed by atoms with van der Waals surface area (Å²) in [5.74, 6) is -1.50. The third-order valence-electron chi connectivity index (χ3n) is 5.15. The van der Waals surface area contributed by atoms with Crippen molar-refractivity contribution in [3.8, 4) is 6.07 Å². The molecule has 1 atom stereocenters. The summed E-state index contributed by atoms with van der Waals surface area (Å²) in [4.78, 5) is 41.0. The van der Waals surface area contributed by atoms with E-state index >= 15 is 0 Å². The number of urea groups is 1. The number of carbonyl (C=O) groups excluding carboxylic acids is 3. The molecular weight excluding hydrogens is 387 g/mol. The van der Waals surface area contributed by atoms with E-state index in [9.17, 15) is 18.8 Å². The maximum Gasteiger partial charge on any atom is 0.325 e. The molecule has 1 aliphatic rings. The average Bonchev–Trinajstić information content (AvgIpc) is 3.00. The molecule has 0 aromatic heterocycles. The zero-order chi connectivity index (χ0) is 21.7. The third-order valence-corrected chi connectivity index (χ3v) is 5.15.